The van der Waals surface area contributed by atoms with Crippen molar-refractivity contribution in [3.63, 3.8) is 0 Å². The number of hydrogen-bond donors (Lipinski definition) is 5. The highest BCUT2D eigenvalue weighted by atomic mass is 31.2. The summed E-state index contributed by atoms with van der Waals surface area (Å²) in [7, 11) is -1.86. The standard InChI is InChI=1S/C5H14N3O3P/c6-5(9)3-7-1-2-8-4-12(10)11/h7-8,10-11H,1-4H2,(H2,6,9). The summed E-state index contributed by atoms with van der Waals surface area (Å²) in [6.45, 7) is 1.30. The van der Waals surface area contributed by atoms with Gasteiger partial charge in [0.1, 0.15) is 0 Å². The third-order valence-electron chi connectivity index (χ3n) is 1.03. The first kappa shape index (κ1) is 11.7. The molecule has 0 aromatic heterocycles. The van der Waals surface area contributed by atoms with Gasteiger partial charge in [0, 0.05) is 13.1 Å². The molecule has 0 unspecified atom stereocenters. The minimum atomic E-state index is -1.86. The quantitative estimate of drug-likeness (QED) is 0.236. The second-order valence-corrected chi connectivity index (χ2v) is 3.23. The summed E-state index contributed by atoms with van der Waals surface area (Å²) in [5.74, 6) is -0.401. The van der Waals surface area contributed by atoms with E-state index in [0.29, 0.717) is 13.1 Å². The van der Waals surface area contributed by atoms with Crippen LogP contribution >= 0.6 is 8.38 Å². The number of nitrogens with two attached hydrogens (primary N) is 1. The Bertz CT molecular complexity index is 133. The Morgan fingerprint density at radius 3 is 2.42 bits per heavy atom. The number of nitrogens with one attached hydrogen (secondary N) is 2. The van der Waals surface area contributed by atoms with Gasteiger partial charge in [-0.2, -0.15) is 0 Å². The largest absolute Gasteiger partial charge is 0.369 e. The monoisotopic (exact) mass is 195 g/mol. The molecule has 72 valence electrons. The molecule has 0 aliphatic heterocycles. The summed E-state index contributed by atoms with van der Waals surface area (Å²) in [6.07, 6.45) is 0.188. The van der Waals surface area contributed by atoms with Gasteiger partial charge in [0.05, 0.1) is 12.8 Å². The van der Waals surface area contributed by atoms with Gasteiger partial charge in [-0.3, -0.25) is 4.79 Å². The van der Waals surface area contributed by atoms with Gasteiger partial charge in [0.25, 0.3) is 0 Å². The highest BCUT2D eigenvalue weighted by Gasteiger charge is 1.96. The van der Waals surface area contributed by atoms with E-state index in [9.17, 15) is 4.79 Å². The molecule has 0 rings (SSSR count). The van der Waals surface area contributed by atoms with Crippen molar-refractivity contribution in [3.8, 4) is 0 Å². The summed E-state index contributed by atoms with van der Waals surface area (Å²) in [5.41, 5.74) is 4.86. The van der Waals surface area contributed by atoms with Crippen molar-refractivity contribution >= 4 is 14.3 Å². The number of amides is 1. The number of carbonyl (C=O) groups is 1. The zero-order valence-corrected chi connectivity index (χ0v) is 7.55. The van der Waals surface area contributed by atoms with Gasteiger partial charge in [-0.1, -0.05) is 0 Å². The molecule has 0 saturated carbocycles. The van der Waals surface area contributed by atoms with Gasteiger partial charge in [0.15, 0.2) is 8.38 Å². The molecular formula is C5H14N3O3P. The van der Waals surface area contributed by atoms with E-state index in [2.05, 4.69) is 10.6 Å². The minimum absolute atomic E-state index is 0.148. The first-order valence-electron chi connectivity index (χ1n) is 3.48. The molecule has 7 heteroatoms. The Kier molecular flexibility index (Phi) is 7.23. The van der Waals surface area contributed by atoms with Gasteiger partial charge in [-0.05, 0) is 0 Å². The van der Waals surface area contributed by atoms with Gasteiger partial charge in [-0.15, -0.1) is 0 Å². The zero-order chi connectivity index (χ0) is 9.40. The summed E-state index contributed by atoms with van der Waals surface area (Å²) in [4.78, 5) is 27.1. The predicted molar refractivity (Wildman–Crippen MR) is 46.3 cm³/mol. The first-order chi connectivity index (χ1) is 5.63. The van der Waals surface area contributed by atoms with Crippen molar-refractivity contribution in [3.05, 3.63) is 0 Å². The lowest BCUT2D eigenvalue weighted by Gasteiger charge is -2.05. The molecule has 0 saturated heterocycles. The molecule has 0 aromatic carbocycles. The normalized spacial score (nSPS) is 10.6. The molecule has 0 spiro atoms. The summed E-state index contributed by atoms with van der Waals surface area (Å²) < 4.78 is 0. The first-order valence-corrected chi connectivity index (χ1v) is 4.91. The highest BCUT2D eigenvalue weighted by molar-refractivity contribution is 7.44. The van der Waals surface area contributed by atoms with Crippen LogP contribution in [-0.2, 0) is 4.79 Å². The van der Waals surface area contributed by atoms with Gasteiger partial charge in [-0.25, -0.2) is 0 Å². The third-order valence-corrected chi connectivity index (χ3v) is 1.54. The van der Waals surface area contributed by atoms with E-state index in [1.807, 2.05) is 0 Å². The number of carbonyl (C=O) groups excluding carboxylic acids is 1. The second-order valence-electron chi connectivity index (χ2n) is 2.17. The minimum Gasteiger partial charge on any atom is -0.369 e. The molecule has 0 aromatic rings. The summed E-state index contributed by atoms with van der Waals surface area (Å²) >= 11 is 0. The molecule has 0 aliphatic rings. The number of rotatable bonds is 7. The average Bonchev–Trinajstić information content (AvgIpc) is 1.95. The molecular weight excluding hydrogens is 181 g/mol. The maximum Gasteiger partial charge on any atom is 0.231 e. The van der Waals surface area contributed by atoms with E-state index in [1.54, 1.807) is 0 Å². The van der Waals surface area contributed by atoms with Crippen molar-refractivity contribution in [2.75, 3.05) is 25.9 Å². The number of hydrogen-bond acceptors (Lipinski definition) is 5. The van der Waals surface area contributed by atoms with Crippen molar-refractivity contribution in [1.82, 2.24) is 10.6 Å². The summed E-state index contributed by atoms with van der Waals surface area (Å²) in [5, 5.41) is 5.54. The molecule has 0 bridgehead atoms. The topological polar surface area (TPSA) is 108 Å². The van der Waals surface area contributed by atoms with Crippen LogP contribution in [0, 0.1) is 0 Å². The van der Waals surface area contributed by atoms with E-state index in [0.717, 1.165) is 0 Å². The van der Waals surface area contributed by atoms with Crippen LogP contribution in [0.15, 0.2) is 0 Å². The van der Waals surface area contributed by atoms with Crippen LogP contribution in [0.4, 0.5) is 0 Å². The van der Waals surface area contributed by atoms with Gasteiger partial charge < -0.3 is 26.2 Å². The summed E-state index contributed by atoms with van der Waals surface area (Å²) in [6, 6.07) is 0. The van der Waals surface area contributed by atoms with Crippen LogP contribution in [0.5, 0.6) is 0 Å². The maximum atomic E-state index is 10.2. The van der Waals surface area contributed by atoms with Crippen molar-refractivity contribution in [2.45, 2.75) is 0 Å². The van der Waals surface area contributed by atoms with E-state index in [-0.39, 0.29) is 12.8 Å². The Hall–Kier alpha value is -0.260. The molecule has 0 radical (unpaired) electrons. The Morgan fingerprint density at radius 2 is 1.92 bits per heavy atom. The van der Waals surface area contributed by atoms with Crippen LogP contribution in [0.1, 0.15) is 0 Å². The van der Waals surface area contributed by atoms with Crippen LogP contribution in [0.3, 0.4) is 0 Å². The van der Waals surface area contributed by atoms with E-state index in [1.165, 1.54) is 0 Å². The molecule has 1 amide bonds. The lowest BCUT2D eigenvalue weighted by molar-refractivity contribution is -0.117. The molecule has 12 heavy (non-hydrogen) atoms. The fourth-order valence-electron chi connectivity index (χ4n) is 0.567. The smallest absolute Gasteiger partial charge is 0.231 e. The van der Waals surface area contributed by atoms with Crippen LogP contribution in [0.2, 0.25) is 0 Å². The fraction of sp³-hybridized carbons (Fsp3) is 0.800. The van der Waals surface area contributed by atoms with E-state index in [4.69, 9.17) is 15.5 Å². The Morgan fingerprint density at radius 1 is 1.33 bits per heavy atom. The molecule has 0 heterocycles. The number of primary amides is 1. The highest BCUT2D eigenvalue weighted by Crippen LogP contribution is 2.18. The molecule has 0 atom stereocenters. The lowest BCUT2D eigenvalue weighted by Crippen LogP contribution is -2.33. The van der Waals surface area contributed by atoms with Gasteiger partial charge in [0.2, 0.25) is 5.91 Å². The predicted octanol–water partition coefficient (Wildman–Crippen LogP) is -2.10. The Labute approximate surface area is 72.1 Å². The van der Waals surface area contributed by atoms with E-state index < -0.39 is 14.3 Å². The van der Waals surface area contributed by atoms with Crippen LogP contribution in [0.25, 0.3) is 0 Å². The fourth-order valence-corrected chi connectivity index (χ4v) is 0.926. The maximum absolute atomic E-state index is 10.2. The van der Waals surface area contributed by atoms with Crippen molar-refractivity contribution in [1.29, 1.82) is 0 Å². The van der Waals surface area contributed by atoms with Crippen molar-refractivity contribution in [2.24, 2.45) is 5.73 Å². The third kappa shape index (κ3) is 9.74. The van der Waals surface area contributed by atoms with Crippen LogP contribution < -0.4 is 16.4 Å². The Balaban J connectivity index is 2.96. The zero-order valence-electron chi connectivity index (χ0n) is 6.66. The molecule has 6 N–H and O–H groups in total. The SMILES string of the molecule is NC(=O)CNCCNCP(O)O. The van der Waals surface area contributed by atoms with Crippen LogP contribution in [-0.4, -0.2) is 41.6 Å². The van der Waals surface area contributed by atoms with E-state index >= 15 is 0 Å². The molecule has 0 aliphatic carbocycles. The van der Waals surface area contributed by atoms with Gasteiger partial charge >= 0.3 is 0 Å². The average molecular weight is 195 g/mol. The molecule has 6 nitrogen and oxygen atoms in total. The second kappa shape index (κ2) is 7.39. The lowest BCUT2D eigenvalue weighted by atomic mass is 10.5. The molecule has 0 fully saturated rings. The van der Waals surface area contributed by atoms with Crippen molar-refractivity contribution < 1.29 is 14.6 Å².